The maximum absolute atomic E-state index is 10.3. The number of benzene rings is 1. The van der Waals surface area contributed by atoms with Gasteiger partial charge in [0.15, 0.2) is 0 Å². The molecular weight excluding hydrogens is 261 g/mol. The Morgan fingerprint density at radius 1 is 1.41 bits per heavy atom. The summed E-state index contributed by atoms with van der Waals surface area (Å²) in [5.41, 5.74) is 6.00. The van der Waals surface area contributed by atoms with E-state index in [0.29, 0.717) is 5.02 Å². The molecule has 0 saturated heterocycles. The summed E-state index contributed by atoms with van der Waals surface area (Å²) in [6.07, 6.45) is -0.0500. The largest absolute Gasteiger partial charge is 0.462 e. The predicted octanol–water partition coefficient (Wildman–Crippen LogP) is 3.20. The van der Waals surface area contributed by atoms with Crippen LogP contribution in [-0.4, -0.2) is 18.6 Å². The first-order valence-electron chi connectivity index (χ1n) is 5.18. The minimum absolute atomic E-state index is 0.0296. The Labute approximate surface area is 112 Å². The lowest BCUT2D eigenvalue weighted by atomic mass is 10.2. The third kappa shape index (κ3) is 8.02. The molecule has 3 nitrogen and oxygen atoms in total. The molecule has 0 radical (unpaired) electrons. The van der Waals surface area contributed by atoms with Gasteiger partial charge >= 0.3 is 5.97 Å². The van der Waals surface area contributed by atoms with Crippen LogP contribution >= 0.6 is 23.2 Å². The lowest BCUT2D eigenvalue weighted by Crippen LogP contribution is -2.20. The second kappa shape index (κ2) is 8.34. The van der Waals surface area contributed by atoms with Crippen LogP contribution in [0.5, 0.6) is 0 Å². The first kappa shape index (κ1) is 16.2. The molecule has 0 aromatic heterocycles. The number of aryl methyl sites for hydroxylation is 1. The summed E-state index contributed by atoms with van der Waals surface area (Å²) < 4.78 is 4.64. The Bertz CT molecular complexity index is 368. The number of carbonyl (C=O) groups excluding carboxylic acids is 1. The Kier molecular flexibility index (Phi) is 7.96. The minimum atomic E-state index is -0.347. The van der Waals surface area contributed by atoms with Gasteiger partial charge in [-0.15, -0.1) is 0 Å². The average molecular weight is 278 g/mol. The molecule has 5 heteroatoms. The highest BCUT2D eigenvalue weighted by Gasteiger charge is 1.99. The van der Waals surface area contributed by atoms with E-state index in [4.69, 9.17) is 28.9 Å². The zero-order chi connectivity index (χ0) is 13.4. The summed E-state index contributed by atoms with van der Waals surface area (Å²) in [6, 6.07) is 5.45. The Morgan fingerprint density at radius 3 is 2.29 bits per heavy atom. The van der Waals surface area contributed by atoms with Gasteiger partial charge in [-0.1, -0.05) is 29.3 Å². The van der Waals surface area contributed by atoms with E-state index in [9.17, 15) is 4.79 Å². The molecule has 0 bridgehead atoms. The van der Waals surface area contributed by atoms with E-state index in [2.05, 4.69) is 4.74 Å². The van der Waals surface area contributed by atoms with E-state index in [1.165, 1.54) is 0 Å². The van der Waals surface area contributed by atoms with Crippen LogP contribution in [0.3, 0.4) is 0 Å². The topological polar surface area (TPSA) is 52.3 Å². The van der Waals surface area contributed by atoms with Gasteiger partial charge in [0.25, 0.3) is 0 Å². The van der Waals surface area contributed by atoms with Crippen molar-refractivity contribution in [2.75, 3.05) is 6.54 Å². The fourth-order valence-electron chi connectivity index (χ4n) is 0.878. The highest BCUT2D eigenvalue weighted by atomic mass is 35.5. The fraction of sp³-hybridized carbons (Fsp3) is 0.417. The van der Waals surface area contributed by atoms with Crippen molar-refractivity contribution < 1.29 is 9.53 Å². The third-order valence-corrected chi connectivity index (χ3v) is 2.31. The first-order chi connectivity index (χ1) is 7.86. The number of carbonyl (C=O) groups is 1. The van der Waals surface area contributed by atoms with Gasteiger partial charge in [-0.25, -0.2) is 0 Å². The lowest BCUT2D eigenvalue weighted by molar-refractivity contribution is -0.145. The Hall–Kier alpha value is -0.770. The second-order valence-electron chi connectivity index (χ2n) is 3.64. The van der Waals surface area contributed by atoms with E-state index in [-0.39, 0.29) is 18.6 Å². The SMILES string of the molecule is CC(C)OC(=O)CN.Cc1ccc(Cl)cc1Cl. The van der Waals surface area contributed by atoms with Gasteiger partial charge in [0, 0.05) is 10.0 Å². The van der Waals surface area contributed by atoms with Crippen LogP contribution in [0, 0.1) is 6.92 Å². The molecular formula is C12H17Cl2NO2. The monoisotopic (exact) mass is 277 g/mol. The predicted molar refractivity (Wildman–Crippen MR) is 71.5 cm³/mol. The molecule has 0 unspecified atom stereocenters. The molecule has 1 aromatic rings. The lowest BCUT2D eigenvalue weighted by Gasteiger charge is -2.04. The van der Waals surface area contributed by atoms with Crippen molar-refractivity contribution in [3.8, 4) is 0 Å². The summed E-state index contributed by atoms with van der Waals surface area (Å²) in [6.45, 7) is 5.48. The molecule has 0 saturated carbocycles. The first-order valence-corrected chi connectivity index (χ1v) is 5.93. The summed E-state index contributed by atoms with van der Waals surface area (Å²) in [7, 11) is 0. The molecule has 0 fully saturated rings. The third-order valence-electron chi connectivity index (χ3n) is 1.67. The zero-order valence-electron chi connectivity index (χ0n) is 10.2. The van der Waals surface area contributed by atoms with Gasteiger partial charge in [-0.2, -0.15) is 0 Å². The van der Waals surface area contributed by atoms with Crippen molar-refractivity contribution in [3.63, 3.8) is 0 Å². The molecule has 0 atom stereocenters. The van der Waals surface area contributed by atoms with E-state index in [1.807, 2.05) is 19.1 Å². The smallest absolute Gasteiger partial charge is 0.319 e. The number of halogens is 2. The molecule has 2 N–H and O–H groups in total. The summed E-state index contributed by atoms with van der Waals surface area (Å²) in [4.78, 5) is 10.3. The number of nitrogens with two attached hydrogens (primary N) is 1. The maximum Gasteiger partial charge on any atom is 0.319 e. The van der Waals surface area contributed by atoms with Gasteiger partial charge in [-0.05, 0) is 38.5 Å². The highest BCUT2D eigenvalue weighted by Crippen LogP contribution is 2.19. The number of esters is 1. The van der Waals surface area contributed by atoms with E-state index >= 15 is 0 Å². The number of hydrogen-bond donors (Lipinski definition) is 1. The van der Waals surface area contributed by atoms with Crippen LogP contribution in [0.1, 0.15) is 19.4 Å². The highest BCUT2D eigenvalue weighted by molar-refractivity contribution is 6.35. The van der Waals surface area contributed by atoms with Crippen LogP contribution < -0.4 is 5.73 Å². The quantitative estimate of drug-likeness (QED) is 0.845. The van der Waals surface area contributed by atoms with Crippen molar-refractivity contribution in [1.29, 1.82) is 0 Å². The summed E-state index contributed by atoms with van der Waals surface area (Å²) in [5.74, 6) is -0.347. The Morgan fingerprint density at radius 2 is 2.00 bits per heavy atom. The molecule has 0 amide bonds. The molecule has 0 aliphatic carbocycles. The van der Waals surface area contributed by atoms with E-state index in [0.717, 1.165) is 10.6 Å². The number of hydrogen-bond acceptors (Lipinski definition) is 3. The van der Waals surface area contributed by atoms with Crippen molar-refractivity contribution in [1.82, 2.24) is 0 Å². The second-order valence-corrected chi connectivity index (χ2v) is 4.48. The van der Waals surface area contributed by atoms with Gasteiger partial charge in [-0.3, -0.25) is 4.79 Å². The Balaban J connectivity index is 0.000000304. The maximum atomic E-state index is 10.3. The van der Waals surface area contributed by atoms with Gasteiger partial charge < -0.3 is 10.5 Å². The van der Waals surface area contributed by atoms with Crippen LogP contribution in [0.2, 0.25) is 10.0 Å². The zero-order valence-corrected chi connectivity index (χ0v) is 11.7. The molecule has 0 spiro atoms. The minimum Gasteiger partial charge on any atom is -0.462 e. The number of ether oxygens (including phenoxy) is 1. The molecule has 0 heterocycles. The van der Waals surface area contributed by atoms with Crippen LogP contribution in [0.15, 0.2) is 18.2 Å². The van der Waals surface area contributed by atoms with Crippen molar-refractivity contribution in [2.45, 2.75) is 26.9 Å². The average Bonchev–Trinajstić information content (AvgIpc) is 2.24. The molecule has 1 rings (SSSR count). The summed E-state index contributed by atoms with van der Waals surface area (Å²) in [5, 5.41) is 1.41. The van der Waals surface area contributed by atoms with Gasteiger partial charge in [0.2, 0.25) is 0 Å². The van der Waals surface area contributed by atoms with Crippen LogP contribution in [0.25, 0.3) is 0 Å². The molecule has 17 heavy (non-hydrogen) atoms. The van der Waals surface area contributed by atoms with Crippen LogP contribution in [-0.2, 0) is 9.53 Å². The molecule has 1 aromatic carbocycles. The van der Waals surface area contributed by atoms with Crippen molar-refractivity contribution in [2.24, 2.45) is 5.73 Å². The van der Waals surface area contributed by atoms with Gasteiger partial charge in [0.05, 0.1) is 12.6 Å². The fourth-order valence-corrected chi connectivity index (χ4v) is 1.29. The molecule has 0 aliphatic heterocycles. The van der Waals surface area contributed by atoms with Crippen molar-refractivity contribution in [3.05, 3.63) is 33.8 Å². The number of rotatable bonds is 2. The molecule has 96 valence electrons. The normalized spacial score (nSPS) is 9.59. The summed E-state index contributed by atoms with van der Waals surface area (Å²) >= 11 is 11.4. The molecule has 0 aliphatic rings. The van der Waals surface area contributed by atoms with E-state index < -0.39 is 0 Å². The van der Waals surface area contributed by atoms with Crippen LogP contribution in [0.4, 0.5) is 0 Å². The van der Waals surface area contributed by atoms with Crippen molar-refractivity contribution >= 4 is 29.2 Å². The van der Waals surface area contributed by atoms with E-state index in [1.54, 1.807) is 19.9 Å². The standard InChI is InChI=1S/C7H6Cl2.C5H11NO2/c1-5-2-3-6(8)4-7(5)9;1-4(2)8-5(7)3-6/h2-4H,1H3;4H,3,6H2,1-2H3. The van der Waals surface area contributed by atoms with Gasteiger partial charge in [0.1, 0.15) is 0 Å².